The largest absolute Gasteiger partial charge is 0.460 e. The van der Waals surface area contributed by atoms with Gasteiger partial charge in [0.25, 0.3) is 0 Å². The third kappa shape index (κ3) is 4.72. The standard InChI is InChI=1S/C15H20O3/c1-11(2)15(16)18-9-13(4)17-10-14-8-6-5-7-12(14)3/h5-8,13H,1,9-10H2,2-4H3. The minimum absolute atomic E-state index is 0.132. The summed E-state index contributed by atoms with van der Waals surface area (Å²) >= 11 is 0. The van der Waals surface area contributed by atoms with Gasteiger partial charge in [-0.25, -0.2) is 4.79 Å². The molecule has 0 aliphatic rings. The molecular weight excluding hydrogens is 228 g/mol. The maximum absolute atomic E-state index is 11.2. The van der Waals surface area contributed by atoms with Crippen LogP contribution >= 0.6 is 0 Å². The van der Waals surface area contributed by atoms with E-state index in [1.807, 2.05) is 38.1 Å². The maximum Gasteiger partial charge on any atom is 0.333 e. The molecule has 0 aliphatic heterocycles. The molecule has 1 atom stereocenters. The molecule has 0 amide bonds. The third-order valence-corrected chi connectivity index (χ3v) is 2.58. The summed E-state index contributed by atoms with van der Waals surface area (Å²) in [7, 11) is 0. The zero-order chi connectivity index (χ0) is 13.5. The number of esters is 1. The van der Waals surface area contributed by atoms with Gasteiger partial charge in [-0.3, -0.25) is 0 Å². The molecule has 0 saturated carbocycles. The van der Waals surface area contributed by atoms with E-state index in [1.54, 1.807) is 6.92 Å². The fourth-order valence-electron chi connectivity index (χ4n) is 1.37. The van der Waals surface area contributed by atoms with E-state index in [1.165, 1.54) is 5.56 Å². The molecule has 1 unspecified atom stereocenters. The van der Waals surface area contributed by atoms with Gasteiger partial charge in [-0.2, -0.15) is 0 Å². The van der Waals surface area contributed by atoms with E-state index < -0.39 is 0 Å². The minimum atomic E-state index is -0.374. The monoisotopic (exact) mass is 248 g/mol. The van der Waals surface area contributed by atoms with Crippen LogP contribution in [0, 0.1) is 6.92 Å². The first-order valence-corrected chi connectivity index (χ1v) is 5.99. The van der Waals surface area contributed by atoms with Crippen molar-refractivity contribution in [2.24, 2.45) is 0 Å². The van der Waals surface area contributed by atoms with Crippen molar-refractivity contribution in [1.82, 2.24) is 0 Å². The van der Waals surface area contributed by atoms with Crippen LogP contribution in [0.2, 0.25) is 0 Å². The topological polar surface area (TPSA) is 35.5 Å². The van der Waals surface area contributed by atoms with Crippen LogP contribution in [0.1, 0.15) is 25.0 Å². The molecular formula is C15H20O3. The summed E-state index contributed by atoms with van der Waals surface area (Å²) < 4.78 is 10.7. The van der Waals surface area contributed by atoms with Gasteiger partial charge in [-0.05, 0) is 31.9 Å². The highest BCUT2D eigenvalue weighted by atomic mass is 16.6. The van der Waals surface area contributed by atoms with Gasteiger partial charge in [-0.15, -0.1) is 0 Å². The lowest BCUT2D eigenvalue weighted by atomic mass is 10.1. The van der Waals surface area contributed by atoms with E-state index in [4.69, 9.17) is 9.47 Å². The molecule has 0 fully saturated rings. The Hall–Kier alpha value is -1.61. The van der Waals surface area contributed by atoms with E-state index in [2.05, 4.69) is 6.58 Å². The molecule has 18 heavy (non-hydrogen) atoms. The Morgan fingerprint density at radius 1 is 1.39 bits per heavy atom. The predicted octanol–water partition coefficient (Wildman–Crippen LogP) is 3.02. The first kappa shape index (κ1) is 14.5. The van der Waals surface area contributed by atoms with Gasteiger partial charge < -0.3 is 9.47 Å². The van der Waals surface area contributed by atoms with E-state index in [-0.39, 0.29) is 18.7 Å². The molecule has 0 saturated heterocycles. The lowest BCUT2D eigenvalue weighted by Crippen LogP contribution is -2.19. The summed E-state index contributed by atoms with van der Waals surface area (Å²) in [6.07, 6.45) is -0.132. The van der Waals surface area contributed by atoms with Crippen LogP contribution < -0.4 is 0 Å². The molecule has 0 radical (unpaired) electrons. The van der Waals surface area contributed by atoms with Crippen molar-refractivity contribution in [1.29, 1.82) is 0 Å². The third-order valence-electron chi connectivity index (χ3n) is 2.58. The van der Waals surface area contributed by atoms with Crippen molar-refractivity contribution in [2.45, 2.75) is 33.5 Å². The van der Waals surface area contributed by atoms with Gasteiger partial charge in [-0.1, -0.05) is 30.8 Å². The molecule has 1 aromatic carbocycles. The summed E-state index contributed by atoms with van der Waals surface area (Å²) in [6, 6.07) is 8.06. The second-order valence-corrected chi connectivity index (χ2v) is 4.43. The van der Waals surface area contributed by atoms with Crippen molar-refractivity contribution in [3.05, 3.63) is 47.5 Å². The van der Waals surface area contributed by atoms with E-state index in [0.29, 0.717) is 12.2 Å². The van der Waals surface area contributed by atoms with Crippen LogP contribution in [0.5, 0.6) is 0 Å². The lowest BCUT2D eigenvalue weighted by molar-refractivity contribution is -0.143. The van der Waals surface area contributed by atoms with Crippen molar-refractivity contribution < 1.29 is 14.3 Å². The normalized spacial score (nSPS) is 11.9. The molecule has 0 N–H and O–H groups in total. The fourth-order valence-corrected chi connectivity index (χ4v) is 1.37. The number of hydrogen-bond acceptors (Lipinski definition) is 3. The lowest BCUT2D eigenvalue weighted by Gasteiger charge is -2.14. The Balaban J connectivity index is 2.33. The molecule has 0 bridgehead atoms. The summed E-state index contributed by atoms with van der Waals surface area (Å²) in [5, 5.41) is 0. The van der Waals surface area contributed by atoms with E-state index in [9.17, 15) is 4.79 Å². The average molecular weight is 248 g/mol. The van der Waals surface area contributed by atoms with Crippen molar-refractivity contribution in [3.63, 3.8) is 0 Å². The van der Waals surface area contributed by atoms with Crippen molar-refractivity contribution in [3.8, 4) is 0 Å². The Morgan fingerprint density at radius 2 is 2.06 bits per heavy atom. The summed E-state index contributed by atoms with van der Waals surface area (Å²) in [5.74, 6) is -0.374. The number of benzene rings is 1. The molecule has 0 heterocycles. The average Bonchev–Trinajstić information content (AvgIpc) is 2.34. The molecule has 1 rings (SSSR count). The Morgan fingerprint density at radius 3 is 2.67 bits per heavy atom. The van der Waals surface area contributed by atoms with Gasteiger partial charge in [0.2, 0.25) is 0 Å². The molecule has 0 aliphatic carbocycles. The van der Waals surface area contributed by atoms with Crippen LogP contribution in [0.25, 0.3) is 0 Å². The van der Waals surface area contributed by atoms with Crippen LogP contribution in [0.15, 0.2) is 36.4 Å². The maximum atomic E-state index is 11.2. The molecule has 0 spiro atoms. The summed E-state index contributed by atoms with van der Waals surface area (Å²) in [6.45, 7) is 9.85. The number of hydrogen-bond donors (Lipinski definition) is 0. The van der Waals surface area contributed by atoms with Gasteiger partial charge in [0.15, 0.2) is 0 Å². The van der Waals surface area contributed by atoms with Gasteiger partial charge in [0.1, 0.15) is 6.61 Å². The fraction of sp³-hybridized carbons (Fsp3) is 0.400. The van der Waals surface area contributed by atoms with Crippen LogP contribution in [0.3, 0.4) is 0 Å². The zero-order valence-corrected chi connectivity index (χ0v) is 11.2. The number of ether oxygens (including phenoxy) is 2. The number of rotatable bonds is 6. The second-order valence-electron chi connectivity index (χ2n) is 4.43. The Kier molecular flexibility index (Phi) is 5.59. The smallest absolute Gasteiger partial charge is 0.333 e. The van der Waals surface area contributed by atoms with E-state index in [0.717, 1.165) is 5.56 Å². The quantitative estimate of drug-likeness (QED) is 0.573. The van der Waals surface area contributed by atoms with Gasteiger partial charge >= 0.3 is 5.97 Å². The molecule has 98 valence electrons. The highest BCUT2D eigenvalue weighted by molar-refractivity contribution is 5.86. The second kappa shape index (κ2) is 6.97. The minimum Gasteiger partial charge on any atom is -0.460 e. The number of carbonyl (C=O) groups excluding carboxylic acids is 1. The Bertz CT molecular complexity index is 424. The van der Waals surface area contributed by atoms with Gasteiger partial charge in [0, 0.05) is 5.57 Å². The van der Waals surface area contributed by atoms with Crippen LogP contribution in [0.4, 0.5) is 0 Å². The van der Waals surface area contributed by atoms with Gasteiger partial charge in [0.05, 0.1) is 12.7 Å². The molecule has 1 aromatic rings. The van der Waals surface area contributed by atoms with Crippen LogP contribution in [-0.2, 0) is 20.9 Å². The highest BCUT2D eigenvalue weighted by Gasteiger charge is 2.08. The van der Waals surface area contributed by atoms with Crippen molar-refractivity contribution in [2.75, 3.05) is 6.61 Å². The molecule has 3 nitrogen and oxygen atoms in total. The first-order chi connectivity index (χ1) is 8.50. The molecule has 3 heteroatoms. The number of aryl methyl sites for hydroxylation is 1. The Labute approximate surface area is 108 Å². The highest BCUT2D eigenvalue weighted by Crippen LogP contribution is 2.09. The van der Waals surface area contributed by atoms with Crippen LogP contribution in [-0.4, -0.2) is 18.7 Å². The first-order valence-electron chi connectivity index (χ1n) is 5.99. The zero-order valence-electron chi connectivity index (χ0n) is 11.2. The summed E-state index contributed by atoms with van der Waals surface area (Å²) in [5.41, 5.74) is 2.75. The van der Waals surface area contributed by atoms with Crippen molar-refractivity contribution >= 4 is 5.97 Å². The predicted molar refractivity (Wildman–Crippen MR) is 71.2 cm³/mol. The summed E-state index contributed by atoms with van der Waals surface area (Å²) in [4.78, 5) is 11.2. The number of carbonyl (C=O) groups is 1. The SMILES string of the molecule is C=C(C)C(=O)OCC(C)OCc1ccccc1C. The van der Waals surface area contributed by atoms with E-state index >= 15 is 0 Å². The molecule has 0 aromatic heterocycles.